The summed E-state index contributed by atoms with van der Waals surface area (Å²) >= 11 is 1.63. The summed E-state index contributed by atoms with van der Waals surface area (Å²) in [5.74, 6) is -0.315. The van der Waals surface area contributed by atoms with Crippen molar-refractivity contribution in [2.45, 2.75) is 19.9 Å². The van der Waals surface area contributed by atoms with Crippen molar-refractivity contribution < 1.29 is 9.72 Å². The summed E-state index contributed by atoms with van der Waals surface area (Å²) in [6.07, 6.45) is 0.692. The van der Waals surface area contributed by atoms with E-state index in [4.69, 9.17) is 0 Å². The fourth-order valence-electron chi connectivity index (χ4n) is 2.90. The van der Waals surface area contributed by atoms with Crippen molar-refractivity contribution in [1.82, 2.24) is 4.90 Å². The number of nitro benzene ring substituents is 1. The monoisotopic (exact) mass is 380 g/mol. The van der Waals surface area contributed by atoms with E-state index in [9.17, 15) is 14.9 Å². The Bertz CT molecular complexity index is 937. The van der Waals surface area contributed by atoms with Gasteiger partial charge in [0.05, 0.1) is 11.5 Å². The molecule has 0 saturated heterocycles. The van der Waals surface area contributed by atoms with Gasteiger partial charge in [-0.25, -0.2) is 0 Å². The lowest BCUT2D eigenvalue weighted by atomic mass is 10.1. The van der Waals surface area contributed by atoms with E-state index in [-0.39, 0.29) is 17.2 Å². The molecule has 27 heavy (non-hydrogen) atoms. The smallest absolute Gasteiger partial charge is 0.282 e. The van der Waals surface area contributed by atoms with Crippen LogP contribution in [-0.4, -0.2) is 22.3 Å². The average Bonchev–Trinajstić information content (AvgIpc) is 3.10. The van der Waals surface area contributed by atoms with Gasteiger partial charge >= 0.3 is 0 Å². The fourth-order valence-corrected chi connectivity index (χ4v) is 3.81. The van der Waals surface area contributed by atoms with E-state index in [2.05, 4.69) is 0 Å². The number of nitrogens with zero attached hydrogens (tertiary/aromatic N) is 2. The molecule has 1 heterocycles. The Kier molecular flexibility index (Phi) is 5.98. The number of thiophene rings is 1. The number of nitro groups is 1. The van der Waals surface area contributed by atoms with Gasteiger partial charge in [0.15, 0.2) is 0 Å². The first-order valence-electron chi connectivity index (χ1n) is 8.66. The van der Waals surface area contributed by atoms with Crippen LogP contribution >= 0.6 is 11.3 Å². The van der Waals surface area contributed by atoms with Crippen molar-refractivity contribution >= 4 is 22.9 Å². The van der Waals surface area contributed by atoms with Crippen LogP contribution in [0.5, 0.6) is 0 Å². The molecular weight excluding hydrogens is 360 g/mol. The first kappa shape index (κ1) is 18.8. The van der Waals surface area contributed by atoms with Gasteiger partial charge in [-0.15, -0.1) is 11.3 Å². The van der Waals surface area contributed by atoms with Crippen molar-refractivity contribution in [3.63, 3.8) is 0 Å². The molecule has 1 aromatic heterocycles. The quantitative estimate of drug-likeness (QED) is 0.435. The molecule has 0 aliphatic carbocycles. The molecule has 0 aliphatic rings. The second-order valence-electron chi connectivity index (χ2n) is 6.25. The van der Waals surface area contributed by atoms with Crippen LogP contribution in [0.3, 0.4) is 0 Å². The van der Waals surface area contributed by atoms with Crippen LogP contribution < -0.4 is 0 Å². The number of rotatable bonds is 7. The molecule has 0 saturated carbocycles. The normalized spacial score (nSPS) is 10.6. The SMILES string of the molecule is Cc1ccc(CN(CCc2ccccc2)C(=O)c2ccccc2[N+](=O)[O-])s1. The van der Waals surface area contributed by atoms with Gasteiger partial charge in [-0.05, 0) is 37.1 Å². The van der Waals surface area contributed by atoms with E-state index in [0.29, 0.717) is 19.5 Å². The molecule has 3 aromatic rings. The zero-order chi connectivity index (χ0) is 19.2. The maximum absolute atomic E-state index is 13.1. The standard InChI is InChI=1S/C21H20N2O3S/c1-16-11-12-18(27-16)15-22(14-13-17-7-3-2-4-8-17)21(24)19-9-5-6-10-20(19)23(25)26/h2-12H,13-15H2,1H3. The molecule has 0 bridgehead atoms. The molecule has 5 nitrogen and oxygen atoms in total. The Hall–Kier alpha value is -2.99. The van der Waals surface area contributed by atoms with Gasteiger partial charge in [-0.1, -0.05) is 42.5 Å². The lowest BCUT2D eigenvalue weighted by Crippen LogP contribution is -2.32. The first-order chi connectivity index (χ1) is 13.0. The van der Waals surface area contributed by atoms with Gasteiger partial charge in [0.25, 0.3) is 11.6 Å². The number of hydrogen-bond donors (Lipinski definition) is 0. The Labute approximate surface area is 162 Å². The summed E-state index contributed by atoms with van der Waals surface area (Å²) in [6, 6.07) is 20.1. The number of carbonyl (C=O) groups excluding carboxylic acids is 1. The van der Waals surface area contributed by atoms with Gasteiger partial charge in [-0.2, -0.15) is 0 Å². The van der Waals surface area contributed by atoms with Gasteiger partial charge in [0, 0.05) is 22.4 Å². The topological polar surface area (TPSA) is 63.5 Å². The Morgan fingerprint density at radius 2 is 1.74 bits per heavy atom. The summed E-state index contributed by atoms with van der Waals surface area (Å²) in [4.78, 5) is 27.9. The predicted molar refractivity (Wildman–Crippen MR) is 107 cm³/mol. The number of benzene rings is 2. The third-order valence-electron chi connectivity index (χ3n) is 4.27. The molecule has 1 amide bonds. The molecule has 0 aliphatic heterocycles. The summed E-state index contributed by atoms with van der Waals surface area (Å²) in [5, 5.41) is 11.3. The van der Waals surface area contributed by atoms with E-state index in [1.54, 1.807) is 28.4 Å². The number of aryl methyl sites for hydroxylation is 1. The first-order valence-corrected chi connectivity index (χ1v) is 9.48. The molecule has 2 aromatic carbocycles. The van der Waals surface area contributed by atoms with E-state index in [1.165, 1.54) is 17.0 Å². The highest BCUT2D eigenvalue weighted by Crippen LogP contribution is 2.23. The minimum atomic E-state index is -0.502. The minimum Gasteiger partial charge on any atom is -0.333 e. The molecule has 6 heteroatoms. The maximum Gasteiger partial charge on any atom is 0.282 e. The van der Waals surface area contributed by atoms with Gasteiger partial charge in [-0.3, -0.25) is 14.9 Å². The molecule has 138 valence electrons. The minimum absolute atomic E-state index is 0.129. The number of para-hydroxylation sites is 1. The van der Waals surface area contributed by atoms with Crippen molar-refractivity contribution in [1.29, 1.82) is 0 Å². The molecule has 3 rings (SSSR count). The predicted octanol–water partition coefficient (Wildman–Crippen LogP) is 4.85. The Morgan fingerprint density at radius 1 is 1.04 bits per heavy atom. The largest absolute Gasteiger partial charge is 0.333 e. The highest BCUT2D eigenvalue weighted by molar-refractivity contribution is 7.11. The van der Waals surface area contributed by atoms with E-state index >= 15 is 0 Å². The number of amides is 1. The third kappa shape index (κ3) is 4.80. The Morgan fingerprint density at radius 3 is 2.41 bits per heavy atom. The maximum atomic E-state index is 13.1. The summed E-state index contributed by atoms with van der Waals surface area (Å²) < 4.78 is 0. The van der Waals surface area contributed by atoms with Crippen LogP contribution in [0.25, 0.3) is 0 Å². The van der Waals surface area contributed by atoms with Gasteiger partial charge in [0.1, 0.15) is 5.56 Å². The summed E-state index contributed by atoms with van der Waals surface area (Å²) in [7, 11) is 0. The van der Waals surface area contributed by atoms with Crippen LogP contribution in [-0.2, 0) is 13.0 Å². The highest BCUT2D eigenvalue weighted by Gasteiger charge is 2.24. The molecule has 0 unspecified atom stereocenters. The summed E-state index contributed by atoms with van der Waals surface area (Å²) in [6.45, 7) is 2.95. The van der Waals surface area contributed by atoms with E-state index in [1.807, 2.05) is 49.4 Å². The van der Waals surface area contributed by atoms with Gasteiger partial charge < -0.3 is 4.90 Å². The molecule has 0 N–H and O–H groups in total. The van der Waals surface area contributed by atoms with Crippen molar-refractivity contribution in [3.05, 3.63) is 97.7 Å². The van der Waals surface area contributed by atoms with E-state index < -0.39 is 4.92 Å². The second kappa shape index (κ2) is 8.60. The zero-order valence-electron chi connectivity index (χ0n) is 15.0. The van der Waals surface area contributed by atoms with E-state index in [0.717, 1.165) is 10.4 Å². The number of carbonyl (C=O) groups is 1. The van der Waals surface area contributed by atoms with Crippen LogP contribution in [0.2, 0.25) is 0 Å². The third-order valence-corrected chi connectivity index (χ3v) is 5.26. The van der Waals surface area contributed by atoms with Crippen LogP contribution in [0, 0.1) is 17.0 Å². The van der Waals surface area contributed by atoms with Crippen LogP contribution in [0.4, 0.5) is 5.69 Å². The molecular formula is C21H20N2O3S. The fraction of sp³-hybridized carbons (Fsp3) is 0.190. The lowest BCUT2D eigenvalue weighted by Gasteiger charge is -2.22. The second-order valence-corrected chi connectivity index (χ2v) is 7.62. The Balaban J connectivity index is 1.86. The molecule has 0 spiro atoms. The van der Waals surface area contributed by atoms with Crippen molar-refractivity contribution in [2.75, 3.05) is 6.54 Å². The summed E-state index contributed by atoms with van der Waals surface area (Å²) in [5.41, 5.74) is 1.10. The zero-order valence-corrected chi connectivity index (χ0v) is 15.8. The van der Waals surface area contributed by atoms with Crippen LogP contribution in [0.15, 0.2) is 66.7 Å². The molecule has 0 atom stereocenters. The average molecular weight is 380 g/mol. The molecule has 0 fully saturated rings. The van der Waals surface area contributed by atoms with Crippen molar-refractivity contribution in [3.8, 4) is 0 Å². The van der Waals surface area contributed by atoms with Crippen LogP contribution in [0.1, 0.15) is 25.7 Å². The van der Waals surface area contributed by atoms with Crippen molar-refractivity contribution in [2.24, 2.45) is 0 Å². The van der Waals surface area contributed by atoms with Gasteiger partial charge in [0.2, 0.25) is 0 Å². The number of hydrogen-bond acceptors (Lipinski definition) is 4. The molecule has 0 radical (unpaired) electrons. The lowest BCUT2D eigenvalue weighted by molar-refractivity contribution is -0.385. The highest BCUT2D eigenvalue weighted by atomic mass is 32.1.